The third-order valence-corrected chi connectivity index (χ3v) is 6.14. The molecule has 0 radical (unpaired) electrons. The normalized spacial score (nSPS) is 19.1. The molecular formula is C20H25NO2S. The van der Waals surface area contributed by atoms with Crippen molar-refractivity contribution in [3.8, 4) is 5.75 Å². The van der Waals surface area contributed by atoms with Crippen molar-refractivity contribution in [2.24, 2.45) is 0 Å². The van der Waals surface area contributed by atoms with E-state index in [1.165, 1.54) is 4.90 Å². The van der Waals surface area contributed by atoms with E-state index in [1.54, 1.807) is 24.3 Å². The molecule has 2 atom stereocenters. The van der Waals surface area contributed by atoms with Crippen molar-refractivity contribution in [2.75, 3.05) is 13.1 Å². The highest BCUT2D eigenvalue weighted by molar-refractivity contribution is 8.00. The molecule has 2 aromatic carbocycles. The van der Waals surface area contributed by atoms with Gasteiger partial charge in [-0.05, 0) is 62.7 Å². The van der Waals surface area contributed by atoms with Gasteiger partial charge in [0.1, 0.15) is 5.75 Å². The molecule has 1 aliphatic heterocycles. The number of aliphatic hydroxyl groups is 1. The van der Waals surface area contributed by atoms with Crippen LogP contribution in [-0.4, -0.2) is 39.5 Å². The summed E-state index contributed by atoms with van der Waals surface area (Å²) in [6.07, 6.45) is 1.77. The maximum absolute atomic E-state index is 10.6. The van der Waals surface area contributed by atoms with Crippen LogP contribution in [0.15, 0.2) is 59.5 Å². The third-order valence-electron chi connectivity index (χ3n) is 4.79. The fraction of sp³-hybridized carbons (Fsp3) is 0.400. The zero-order chi connectivity index (χ0) is 16.9. The summed E-state index contributed by atoms with van der Waals surface area (Å²) in [6.45, 7) is 4.11. The maximum Gasteiger partial charge on any atom is 0.115 e. The minimum atomic E-state index is -0.524. The first-order chi connectivity index (χ1) is 11.6. The van der Waals surface area contributed by atoms with E-state index in [-0.39, 0.29) is 11.8 Å². The van der Waals surface area contributed by atoms with Crippen molar-refractivity contribution in [1.82, 2.24) is 4.90 Å². The number of phenols is 1. The van der Waals surface area contributed by atoms with Gasteiger partial charge in [-0.2, -0.15) is 0 Å². The molecule has 24 heavy (non-hydrogen) atoms. The van der Waals surface area contributed by atoms with Crippen LogP contribution in [-0.2, 0) is 0 Å². The lowest BCUT2D eigenvalue weighted by molar-refractivity contribution is 0.0480. The SMILES string of the molecule is C[C@@H]([C@@H](O)c1ccc(O)cc1)N1CCC(Sc2ccccc2)CC1. The number of aliphatic hydroxyl groups excluding tert-OH is 1. The summed E-state index contributed by atoms with van der Waals surface area (Å²) in [5.41, 5.74) is 0.862. The molecular weight excluding hydrogens is 318 g/mol. The highest BCUT2D eigenvalue weighted by atomic mass is 32.2. The van der Waals surface area contributed by atoms with E-state index >= 15 is 0 Å². The molecule has 3 nitrogen and oxygen atoms in total. The van der Waals surface area contributed by atoms with Gasteiger partial charge in [0.25, 0.3) is 0 Å². The molecule has 1 heterocycles. The predicted molar refractivity (Wildman–Crippen MR) is 99.4 cm³/mol. The molecule has 1 saturated heterocycles. The molecule has 2 N–H and O–H groups in total. The Morgan fingerprint density at radius 2 is 1.62 bits per heavy atom. The Hall–Kier alpha value is -1.49. The van der Waals surface area contributed by atoms with Gasteiger partial charge in [0.15, 0.2) is 0 Å². The number of aromatic hydroxyl groups is 1. The van der Waals surface area contributed by atoms with Crippen LogP contribution in [0.25, 0.3) is 0 Å². The zero-order valence-corrected chi connectivity index (χ0v) is 14.8. The standard InChI is InChI=1S/C20H25NO2S/c1-15(20(23)16-7-9-17(22)10-8-16)21-13-11-19(12-14-21)24-18-5-3-2-4-6-18/h2-10,15,19-20,22-23H,11-14H2,1H3/t15-,20+/m0/s1. The maximum atomic E-state index is 10.6. The van der Waals surface area contributed by atoms with Gasteiger partial charge in [-0.15, -0.1) is 11.8 Å². The molecule has 2 aromatic rings. The van der Waals surface area contributed by atoms with E-state index in [0.717, 1.165) is 31.5 Å². The molecule has 0 aliphatic carbocycles. The van der Waals surface area contributed by atoms with Crippen molar-refractivity contribution in [3.63, 3.8) is 0 Å². The molecule has 0 unspecified atom stereocenters. The number of rotatable bonds is 5. The summed E-state index contributed by atoms with van der Waals surface area (Å²) in [5.74, 6) is 0.234. The van der Waals surface area contributed by atoms with Crippen molar-refractivity contribution in [3.05, 3.63) is 60.2 Å². The Labute approximate surface area is 148 Å². The lowest BCUT2D eigenvalue weighted by Gasteiger charge is -2.37. The molecule has 1 aliphatic rings. The predicted octanol–water partition coefficient (Wildman–Crippen LogP) is 4.07. The van der Waals surface area contributed by atoms with E-state index in [2.05, 4.69) is 42.2 Å². The summed E-state index contributed by atoms with van der Waals surface area (Å²) in [7, 11) is 0. The molecule has 0 spiro atoms. The average molecular weight is 343 g/mol. The summed E-state index contributed by atoms with van der Waals surface area (Å²) >= 11 is 1.97. The molecule has 1 fully saturated rings. The van der Waals surface area contributed by atoms with Crippen molar-refractivity contribution in [1.29, 1.82) is 0 Å². The quantitative estimate of drug-likeness (QED) is 0.859. The molecule has 4 heteroatoms. The molecule has 128 valence electrons. The number of benzene rings is 2. The fourth-order valence-electron chi connectivity index (χ4n) is 3.24. The van der Waals surface area contributed by atoms with E-state index in [9.17, 15) is 10.2 Å². The number of thioether (sulfide) groups is 1. The van der Waals surface area contributed by atoms with Crippen LogP contribution >= 0.6 is 11.8 Å². The van der Waals surface area contributed by atoms with Crippen LogP contribution in [0.4, 0.5) is 0 Å². The van der Waals surface area contributed by atoms with Gasteiger partial charge in [0.2, 0.25) is 0 Å². The van der Waals surface area contributed by atoms with Gasteiger partial charge in [0, 0.05) is 16.2 Å². The highest BCUT2D eigenvalue weighted by Crippen LogP contribution is 2.32. The van der Waals surface area contributed by atoms with Gasteiger partial charge in [-0.1, -0.05) is 30.3 Å². The number of nitrogens with zero attached hydrogens (tertiary/aromatic N) is 1. The monoisotopic (exact) mass is 343 g/mol. The lowest BCUT2D eigenvalue weighted by Crippen LogP contribution is -2.43. The van der Waals surface area contributed by atoms with Crippen LogP contribution < -0.4 is 0 Å². The van der Waals surface area contributed by atoms with Crippen LogP contribution in [0.1, 0.15) is 31.4 Å². The summed E-state index contributed by atoms with van der Waals surface area (Å²) in [5, 5.41) is 20.6. The van der Waals surface area contributed by atoms with Crippen molar-refractivity contribution in [2.45, 2.75) is 42.1 Å². The van der Waals surface area contributed by atoms with Crippen LogP contribution in [0.2, 0.25) is 0 Å². The summed E-state index contributed by atoms with van der Waals surface area (Å²) in [4.78, 5) is 3.72. The van der Waals surface area contributed by atoms with Gasteiger partial charge >= 0.3 is 0 Å². The largest absolute Gasteiger partial charge is 0.508 e. The van der Waals surface area contributed by atoms with E-state index in [1.807, 2.05) is 11.8 Å². The Bertz CT molecular complexity index is 624. The number of phenolic OH excluding ortho intramolecular Hbond substituents is 1. The summed E-state index contributed by atoms with van der Waals surface area (Å²) < 4.78 is 0. The number of likely N-dealkylation sites (tertiary alicyclic amines) is 1. The molecule has 0 aromatic heterocycles. The van der Waals surface area contributed by atoms with Crippen LogP contribution in [0.5, 0.6) is 5.75 Å². The van der Waals surface area contributed by atoms with Crippen LogP contribution in [0.3, 0.4) is 0 Å². The second-order valence-corrected chi connectivity index (χ2v) is 7.82. The minimum absolute atomic E-state index is 0.0808. The topological polar surface area (TPSA) is 43.7 Å². The van der Waals surface area contributed by atoms with Crippen molar-refractivity contribution < 1.29 is 10.2 Å². The zero-order valence-electron chi connectivity index (χ0n) is 14.0. The number of piperidine rings is 1. The number of hydrogen-bond donors (Lipinski definition) is 2. The van der Waals surface area contributed by atoms with Gasteiger partial charge in [-0.25, -0.2) is 0 Å². The first-order valence-corrected chi connectivity index (χ1v) is 9.44. The van der Waals surface area contributed by atoms with E-state index < -0.39 is 6.10 Å². The Balaban J connectivity index is 1.53. The van der Waals surface area contributed by atoms with E-state index in [0.29, 0.717) is 5.25 Å². The second kappa shape index (κ2) is 8.06. The number of hydrogen-bond acceptors (Lipinski definition) is 4. The average Bonchev–Trinajstić information content (AvgIpc) is 2.63. The minimum Gasteiger partial charge on any atom is -0.508 e. The van der Waals surface area contributed by atoms with Gasteiger partial charge < -0.3 is 10.2 Å². The van der Waals surface area contributed by atoms with Gasteiger partial charge in [0.05, 0.1) is 6.10 Å². The lowest BCUT2D eigenvalue weighted by atomic mass is 9.99. The smallest absolute Gasteiger partial charge is 0.115 e. The molecule has 0 amide bonds. The Morgan fingerprint density at radius 3 is 2.25 bits per heavy atom. The fourth-order valence-corrected chi connectivity index (χ4v) is 4.39. The molecule has 0 saturated carbocycles. The van der Waals surface area contributed by atoms with Crippen molar-refractivity contribution >= 4 is 11.8 Å². The summed E-state index contributed by atoms with van der Waals surface area (Å²) in [6, 6.07) is 17.5. The van der Waals surface area contributed by atoms with E-state index in [4.69, 9.17) is 0 Å². The second-order valence-electron chi connectivity index (χ2n) is 6.44. The van der Waals surface area contributed by atoms with Crippen LogP contribution in [0, 0.1) is 0 Å². The first kappa shape index (κ1) is 17.3. The third kappa shape index (κ3) is 4.32. The molecule has 0 bridgehead atoms. The Kier molecular flexibility index (Phi) is 5.82. The first-order valence-electron chi connectivity index (χ1n) is 8.56. The Morgan fingerprint density at radius 1 is 1.00 bits per heavy atom. The highest BCUT2D eigenvalue weighted by Gasteiger charge is 2.27. The van der Waals surface area contributed by atoms with Gasteiger partial charge in [-0.3, -0.25) is 4.90 Å². The molecule has 3 rings (SSSR count).